The molecule has 3 rings (SSSR count). The van der Waals surface area contributed by atoms with Crippen molar-refractivity contribution in [2.45, 2.75) is 31.7 Å². The second kappa shape index (κ2) is 9.21. The van der Waals surface area contributed by atoms with Gasteiger partial charge in [-0.15, -0.1) is 0 Å². The van der Waals surface area contributed by atoms with E-state index in [1.807, 2.05) is 23.1 Å². The van der Waals surface area contributed by atoms with E-state index in [0.717, 1.165) is 42.9 Å². The average Bonchev–Trinajstić information content (AvgIpc) is 3.21. The maximum atomic E-state index is 12.8. The highest BCUT2D eigenvalue weighted by Crippen LogP contribution is 2.39. The van der Waals surface area contributed by atoms with Crippen molar-refractivity contribution in [3.63, 3.8) is 0 Å². The van der Waals surface area contributed by atoms with Crippen LogP contribution in [0.25, 0.3) is 0 Å². The first kappa shape index (κ1) is 18.9. The third-order valence-electron chi connectivity index (χ3n) is 4.79. The van der Waals surface area contributed by atoms with Crippen molar-refractivity contribution in [1.82, 2.24) is 14.9 Å². The molecule has 0 spiro atoms. The zero-order chi connectivity index (χ0) is 19.1. The normalized spacial score (nSPS) is 16.2. The van der Waals surface area contributed by atoms with E-state index in [1.165, 1.54) is 0 Å². The third-order valence-corrected chi connectivity index (χ3v) is 4.79. The number of aromatic nitrogens is 2. The number of amides is 1. The first-order valence-corrected chi connectivity index (χ1v) is 9.25. The minimum atomic E-state index is 0.0352. The van der Waals surface area contributed by atoms with Crippen molar-refractivity contribution in [3.8, 4) is 11.5 Å². The number of carbonyl (C=O) groups is 1. The average molecular weight is 370 g/mol. The van der Waals surface area contributed by atoms with Crippen LogP contribution in [0.15, 0.2) is 36.7 Å². The largest absolute Gasteiger partial charge is 0.497 e. The van der Waals surface area contributed by atoms with Crippen LogP contribution in [-0.4, -0.2) is 48.1 Å². The number of likely N-dealkylation sites (tertiary alicyclic amines) is 1. The molecule has 1 aliphatic rings. The van der Waals surface area contributed by atoms with Crippen LogP contribution in [0.3, 0.4) is 0 Å². The number of nitrogens with one attached hydrogen (secondary N) is 1. The summed E-state index contributed by atoms with van der Waals surface area (Å²) in [7, 11) is 3.30. The van der Waals surface area contributed by atoms with Crippen molar-refractivity contribution >= 4 is 11.9 Å². The van der Waals surface area contributed by atoms with E-state index in [9.17, 15) is 4.79 Å². The molecule has 1 aromatic heterocycles. The van der Waals surface area contributed by atoms with Gasteiger partial charge < -0.3 is 19.7 Å². The van der Waals surface area contributed by atoms with Gasteiger partial charge in [-0.25, -0.2) is 9.97 Å². The molecule has 0 radical (unpaired) electrons. The van der Waals surface area contributed by atoms with Gasteiger partial charge in [0.05, 0.1) is 20.3 Å². The first-order valence-electron chi connectivity index (χ1n) is 9.25. The third kappa shape index (κ3) is 4.67. The fraction of sp³-hybridized carbons (Fsp3) is 0.450. The standard InChI is InChI=1S/C20H26N4O3/c1-26-15-8-9-18(27-2)16(14-15)17-6-4-13-24(17)19(25)7-3-10-21-20-22-11-5-12-23-20/h5,8-9,11-12,14,17H,3-4,6-7,10,13H2,1-2H3,(H,21,22,23)/t17-/m0/s1. The van der Waals surface area contributed by atoms with Gasteiger partial charge in [-0.05, 0) is 43.5 Å². The number of anilines is 1. The van der Waals surface area contributed by atoms with Crippen LogP contribution in [0.4, 0.5) is 5.95 Å². The number of hydrogen-bond donors (Lipinski definition) is 1. The molecule has 2 heterocycles. The second-order valence-corrected chi connectivity index (χ2v) is 6.46. The smallest absolute Gasteiger partial charge is 0.223 e. The maximum Gasteiger partial charge on any atom is 0.223 e. The number of nitrogens with zero attached hydrogens (tertiary/aromatic N) is 3. The molecule has 1 amide bonds. The number of ether oxygens (including phenoxy) is 2. The van der Waals surface area contributed by atoms with Crippen molar-refractivity contribution in [3.05, 3.63) is 42.2 Å². The number of benzene rings is 1. The predicted molar refractivity (Wildman–Crippen MR) is 103 cm³/mol. The molecule has 0 bridgehead atoms. The van der Waals surface area contributed by atoms with Crippen molar-refractivity contribution in [1.29, 1.82) is 0 Å². The molecule has 0 unspecified atom stereocenters. The molecule has 0 aliphatic carbocycles. The molecule has 27 heavy (non-hydrogen) atoms. The Morgan fingerprint density at radius 3 is 2.81 bits per heavy atom. The summed E-state index contributed by atoms with van der Waals surface area (Å²) < 4.78 is 10.9. The molecule has 1 atom stereocenters. The van der Waals surface area contributed by atoms with Gasteiger partial charge in [-0.2, -0.15) is 0 Å². The Morgan fingerprint density at radius 1 is 1.26 bits per heavy atom. The van der Waals surface area contributed by atoms with Crippen LogP contribution in [0, 0.1) is 0 Å². The SMILES string of the molecule is COc1ccc(OC)c([C@@H]2CCCN2C(=O)CCCNc2ncccn2)c1. The Labute approximate surface area is 159 Å². The summed E-state index contributed by atoms with van der Waals surface area (Å²) in [4.78, 5) is 23.0. The van der Waals surface area contributed by atoms with Crippen LogP contribution in [0.5, 0.6) is 11.5 Å². The summed E-state index contributed by atoms with van der Waals surface area (Å²) in [5.74, 6) is 2.32. The van der Waals surface area contributed by atoms with Crippen molar-refractivity contribution in [2.24, 2.45) is 0 Å². The molecule has 2 aromatic rings. The van der Waals surface area contributed by atoms with Crippen LogP contribution in [-0.2, 0) is 4.79 Å². The molecule has 144 valence electrons. The lowest BCUT2D eigenvalue weighted by Gasteiger charge is -2.27. The Bertz CT molecular complexity index is 754. The number of carbonyl (C=O) groups excluding carboxylic acids is 1. The molecular weight excluding hydrogens is 344 g/mol. The van der Waals surface area contributed by atoms with E-state index < -0.39 is 0 Å². The van der Waals surface area contributed by atoms with E-state index in [2.05, 4.69) is 15.3 Å². The summed E-state index contributed by atoms with van der Waals surface area (Å²) >= 11 is 0. The lowest BCUT2D eigenvalue weighted by Crippen LogP contribution is -2.31. The monoisotopic (exact) mass is 370 g/mol. The zero-order valence-corrected chi connectivity index (χ0v) is 15.9. The second-order valence-electron chi connectivity index (χ2n) is 6.46. The van der Waals surface area contributed by atoms with Gasteiger partial charge in [-0.1, -0.05) is 0 Å². The fourth-order valence-corrected chi connectivity index (χ4v) is 3.46. The maximum absolute atomic E-state index is 12.8. The molecule has 7 nitrogen and oxygen atoms in total. The van der Waals surface area contributed by atoms with Crippen molar-refractivity contribution < 1.29 is 14.3 Å². The molecule has 1 aromatic carbocycles. The summed E-state index contributed by atoms with van der Waals surface area (Å²) in [6, 6.07) is 7.56. The van der Waals surface area contributed by atoms with Crippen molar-refractivity contribution in [2.75, 3.05) is 32.6 Å². The molecule has 1 fully saturated rings. The van der Waals surface area contributed by atoms with Gasteiger partial charge in [0.15, 0.2) is 0 Å². The molecule has 1 saturated heterocycles. The predicted octanol–water partition coefficient (Wildman–Crippen LogP) is 3.05. The highest BCUT2D eigenvalue weighted by atomic mass is 16.5. The minimum Gasteiger partial charge on any atom is -0.497 e. The topological polar surface area (TPSA) is 76.6 Å². The van der Waals surface area contributed by atoms with Crippen LogP contribution < -0.4 is 14.8 Å². The van der Waals surface area contributed by atoms with E-state index >= 15 is 0 Å². The molecule has 1 aliphatic heterocycles. The minimum absolute atomic E-state index is 0.0352. The number of hydrogen-bond acceptors (Lipinski definition) is 6. The Balaban J connectivity index is 1.59. The van der Waals surface area contributed by atoms with Gasteiger partial charge in [0, 0.05) is 37.5 Å². The van der Waals surface area contributed by atoms with Crippen LogP contribution >= 0.6 is 0 Å². The van der Waals surface area contributed by atoms with E-state index in [-0.39, 0.29) is 11.9 Å². The lowest BCUT2D eigenvalue weighted by molar-refractivity contribution is -0.132. The summed E-state index contributed by atoms with van der Waals surface area (Å²) in [5.41, 5.74) is 1.01. The van der Waals surface area contributed by atoms with E-state index in [0.29, 0.717) is 18.9 Å². The zero-order valence-electron chi connectivity index (χ0n) is 15.9. The highest BCUT2D eigenvalue weighted by molar-refractivity contribution is 5.77. The van der Waals surface area contributed by atoms with Gasteiger partial charge >= 0.3 is 0 Å². The summed E-state index contributed by atoms with van der Waals surface area (Å²) in [6.07, 6.45) is 6.53. The molecule has 0 saturated carbocycles. The summed E-state index contributed by atoms with van der Waals surface area (Å²) in [5, 5.41) is 3.14. The van der Waals surface area contributed by atoms with E-state index in [4.69, 9.17) is 9.47 Å². The fourth-order valence-electron chi connectivity index (χ4n) is 3.46. The van der Waals surface area contributed by atoms with Gasteiger partial charge in [0.2, 0.25) is 11.9 Å². The quantitative estimate of drug-likeness (QED) is 0.720. The van der Waals surface area contributed by atoms with Gasteiger partial charge in [-0.3, -0.25) is 4.79 Å². The summed E-state index contributed by atoms with van der Waals surface area (Å²) in [6.45, 7) is 1.44. The Morgan fingerprint density at radius 2 is 2.07 bits per heavy atom. The number of methoxy groups -OCH3 is 2. The molecule has 7 heteroatoms. The molecule has 1 N–H and O–H groups in total. The van der Waals surface area contributed by atoms with Crippen LogP contribution in [0.2, 0.25) is 0 Å². The van der Waals surface area contributed by atoms with Crippen LogP contribution in [0.1, 0.15) is 37.3 Å². The van der Waals surface area contributed by atoms with Gasteiger partial charge in [0.25, 0.3) is 0 Å². The lowest BCUT2D eigenvalue weighted by atomic mass is 10.0. The van der Waals surface area contributed by atoms with Gasteiger partial charge in [0.1, 0.15) is 11.5 Å². The Hall–Kier alpha value is -2.83. The first-order chi connectivity index (χ1) is 13.2. The highest BCUT2D eigenvalue weighted by Gasteiger charge is 2.31. The Kier molecular flexibility index (Phi) is 6.46. The number of rotatable bonds is 8. The van der Waals surface area contributed by atoms with E-state index in [1.54, 1.807) is 32.7 Å². The molecular formula is C20H26N4O3.